The molecule has 0 amide bonds. The second kappa shape index (κ2) is 6.91. The van der Waals surface area contributed by atoms with Crippen molar-refractivity contribution >= 4 is 11.9 Å². The molecule has 1 aromatic carbocycles. The molecule has 1 aliphatic rings. The maximum Gasteiger partial charge on any atom is 0.338 e. The fraction of sp³-hybridized carbons (Fsp3) is 0.375. The molecule has 2 rings (SSSR count). The molecule has 4 atom stereocenters. The highest BCUT2D eigenvalue weighted by molar-refractivity contribution is 5.89. The number of carbonyl (C=O) groups is 2. The highest BCUT2D eigenvalue weighted by Gasteiger charge is 2.50. The summed E-state index contributed by atoms with van der Waals surface area (Å²) in [4.78, 5) is 22.9. The Hall–Kier alpha value is -2.22. The topological polar surface area (TPSA) is 113 Å². The van der Waals surface area contributed by atoms with Gasteiger partial charge in [0.25, 0.3) is 0 Å². The molecule has 0 spiro atoms. The molecular formula is C16H18O7. The second-order valence-electron chi connectivity index (χ2n) is 5.28. The Morgan fingerprint density at radius 2 is 1.83 bits per heavy atom. The van der Waals surface area contributed by atoms with Crippen LogP contribution in [-0.2, 0) is 14.3 Å². The van der Waals surface area contributed by atoms with Crippen molar-refractivity contribution in [3.8, 4) is 0 Å². The lowest BCUT2D eigenvalue weighted by Crippen LogP contribution is -2.61. The first kappa shape index (κ1) is 17.1. The Balaban J connectivity index is 2.08. The lowest BCUT2D eigenvalue weighted by Gasteiger charge is -2.40. The Morgan fingerprint density at radius 1 is 1.17 bits per heavy atom. The number of benzene rings is 1. The van der Waals surface area contributed by atoms with Crippen LogP contribution in [0.4, 0.5) is 0 Å². The zero-order valence-electron chi connectivity index (χ0n) is 12.5. The first-order valence-electron chi connectivity index (χ1n) is 7.01. The van der Waals surface area contributed by atoms with E-state index in [1.807, 2.05) is 0 Å². The summed E-state index contributed by atoms with van der Waals surface area (Å²) in [6.45, 7) is 0.491. The largest absolute Gasteiger partial charge is 0.459 e. The van der Waals surface area contributed by atoms with Crippen molar-refractivity contribution in [3.05, 3.63) is 48.0 Å². The molecule has 0 bridgehead atoms. The molecule has 0 unspecified atom stereocenters. The average molecular weight is 322 g/mol. The van der Waals surface area contributed by atoms with Gasteiger partial charge in [-0.1, -0.05) is 24.3 Å². The van der Waals surface area contributed by atoms with E-state index in [9.17, 15) is 24.9 Å². The van der Waals surface area contributed by atoms with Crippen LogP contribution in [0.2, 0.25) is 0 Å². The van der Waals surface area contributed by atoms with Gasteiger partial charge in [-0.25, -0.2) is 4.79 Å². The molecular weight excluding hydrogens is 304 g/mol. The van der Waals surface area contributed by atoms with Crippen molar-refractivity contribution in [2.45, 2.75) is 30.8 Å². The first-order chi connectivity index (χ1) is 10.8. The van der Waals surface area contributed by atoms with Crippen molar-refractivity contribution < 1.29 is 34.4 Å². The van der Waals surface area contributed by atoms with Crippen molar-refractivity contribution in [2.75, 3.05) is 6.61 Å². The highest BCUT2D eigenvalue weighted by Crippen LogP contribution is 2.27. The lowest BCUT2D eigenvalue weighted by atomic mass is 9.83. The van der Waals surface area contributed by atoms with E-state index in [4.69, 9.17) is 9.47 Å². The molecule has 0 fully saturated rings. The standard InChI is InChI=1S/C16H18O7/c1-10(17)23-12-7-8-13(18)16(21,14(12)19)9-22-15(20)11-5-3-2-4-6-11/h2-8,12-14,18-19,21H,9H2,1H3/t12-,13+,14-,16-/m1/s1. The minimum absolute atomic E-state index is 0.267. The van der Waals surface area contributed by atoms with Gasteiger partial charge in [0.2, 0.25) is 0 Å². The van der Waals surface area contributed by atoms with E-state index in [2.05, 4.69) is 0 Å². The SMILES string of the molecule is CC(=O)O[C@@H]1C=C[C@H](O)[C@](O)(COC(=O)c2ccccc2)[C@@H]1O. The summed E-state index contributed by atoms with van der Waals surface area (Å²) in [5, 5.41) is 30.5. The van der Waals surface area contributed by atoms with Crippen LogP contribution < -0.4 is 0 Å². The van der Waals surface area contributed by atoms with E-state index in [-0.39, 0.29) is 5.56 Å². The molecule has 0 aromatic heterocycles. The number of aliphatic hydroxyl groups excluding tert-OH is 2. The fourth-order valence-corrected chi connectivity index (χ4v) is 2.25. The first-order valence-corrected chi connectivity index (χ1v) is 7.01. The second-order valence-corrected chi connectivity index (χ2v) is 5.28. The van der Waals surface area contributed by atoms with Crippen LogP contribution in [0, 0.1) is 0 Å². The molecule has 0 saturated carbocycles. The number of carbonyl (C=O) groups excluding carboxylic acids is 2. The third-order valence-corrected chi connectivity index (χ3v) is 3.56. The number of hydrogen-bond donors (Lipinski definition) is 3. The molecule has 0 saturated heterocycles. The molecule has 0 radical (unpaired) electrons. The molecule has 124 valence electrons. The normalized spacial score (nSPS) is 29.8. The minimum Gasteiger partial charge on any atom is -0.459 e. The smallest absolute Gasteiger partial charge is 0.338 e. The summed E-state index contributed by atoms with van der Waals surface area (Å²) in [7, 11) is 0. The third kappa shape index (κ3) is 3.76. The number of aliphatic hydroxyl groups is 3. The summed E-state index contributed by atoms with van der Waals surface area (Å²) in [6.07, 6.45) is -1.82. The Labute approximate surface area is 132 Å². The van der Waals surface area contributed by atoms with Crippen molar-refractivity contribution in [3.63, 3.8) is 0 Å². The zero-order chi connectivity index (χ0) is 17.0. The summed E-state index contributed by atoms with van der Waals surface area (Å²) in [5.74, 6) is -1.37. The van der Waals surface area contributed by atoms with Gasteiger partial charge >= 0.3 is 11.9 Å². The van der Waals surface area contributed by atoms with Crippen LogP contribution in [-0.4, -0.2) is 57.8 Å². The van der Waals surface area contributed by atoms with Gasteiger partial charge in [-0.3, -0.25) is 4.79 Å². The van der Waals surface area contributed by atoms with Crippen molar-refractivity contribution in [2.24, 2.45) is 0 Å². The van der Waals surface area contributed by atoms with Crippen LogP contribution in [0.5, 0.6) is 0 Å². The maximum atomic E-state index is 11.9. The molecule has 0 heterocycles. The van der Waals surface area contributed by atoms with E-state index >= 15 is 0 Å². The van der Waals surface area contributed by atoms with Gasteiger partial charge in [0.1, 0.15) is 24.9 Å². The predicted molar refractivity (Wildman–Crippen MR) is 78.4 cm³/mol. The maximum absolute atomic E-state index is 11.9. The van der Waals surface area contributed by atoms with Gasteiger partial charge in [0.05, 0.1) is 5.56 Å². The fourth-order valence-electron chi connectivity index (χ4n) is 2.25. The molecule has 23 heavy (non-hydrogen) atoms. The highest BCUT2D eigenvalue weighted by atomic mass is 16.6. The van der Waals surface area contributed by atoms with Crippen LogP contribution in [0.3, 0.4) is 0 Å². The number of hydrogen-bond acceptors (Lipinski definition) is 7. The van der Waals surface area contributed by atoms with E-state index in [1.165, 1.54) is 24.3 Å². The number of esters is 2. The molecule has 7 nitrogen and oxygen atoms in total. The molecule has 1 aromatic rings. The summed E-state index contributed by atoms with van der Waals surface area (Å²) < 4.78 is 9.83. The van der Waals surface area contributed by atoms with Crippen LogP contribution in [0.25, 0.3) is 0 Å². The van der Waals surface area contributed by atoms with Crippen LogP contribution in [0.15, 0.2) is 42.5 Å². The average Bonchev–Trinajstić information content (AvgIpc) is 2.54. The Kier molecular flexibility index (Phi) is 5.15. The minimum atomic E-state index is -2.18. The van der Waals surface area contributed by atoms with E-state index in [1.54, 1.807) is 18.2 Å². The summed E-state index contributed by atoms with van der Waals surface area (Å²) in [5.41, 5.74) is -1.91. The lowest BCUT2D eigenvalue weighted by molar-refractivity contribution is -0.194. The summed E-state index contributed by atoms with van der Waals surface area (Å²) in [6, 6.07) is 8.08. The van der Waals surface area contributed by atoms with Gasteiger partial charge in [-0.05, 0) is 18.2 Å². The monoisotopic (exact) mass is 322 g/mol. The van der Waals surface area contributed by atoms with Gasteiger partial charge in [0.15, 0.2) is 5.60 Å². The number of rotatable bonds is 4. The summed E-state index contributed by atoms with van der Waals surface area (Å²) >= 11 is 0. The van der Waals surface area contributed by atoms with Gasteiger partial charge in [-0.15, -0.1) is 0 Å². The predicted octanol–water partition coefficient (Wildman–Crippen LogP) is -0.202. The van der Waals surface area contributed by atoms with Crippen molar-refractivity contribution in [1.29, 1.82) is 0 Å². The Morgan fingerprint density at radius 3 is 2.43 bits per heavy atom. The van der Waals surface area contributed by atoms with Gasteiger partial charge in [0, 0.05) is 6.92 Å². The van der Waals surface area contributed by atoms with E-state index < -0.39 is 42.5 Å². The van der Waals surface area contributed by atoms with E-state index in [0.29, 0.717) is 0 Å². The van der Waals surface area contributed by atoms with E-state index in [0.717, 1.165) is 6.92 Å². The van der Waals surface area contributed by atoms with Gasteiger partial charge in [-0.2, -0.15) is 0 Å². The van der Waals surface area contributed by atoms with Crippen molar-refractivity contribution in [1.82, 2.24) is 0 Å². The zero-order valence-corrected chi connectivity index (χ0v) is 12.5. The number of ether oxygens (including phenoxy) is 2. The van der Waals surface area contributed by atoms with Gasteiger partial charge < -0.3 is 24.8 Å². The quantitative estimate of drug-likeness (QED) is 0.519. The third-order valence-electron chi connectivity index (χ3n) is 3.56. The Bertz CT molecular complexity index is 598. The van der Waals surface area contributed by atoms with Crippen LogP contribution >= 0.6 is 0 Å². The molecule has 7 heteroatoms. The molecule has 3 N–H and O–H groups in total. The van der Waals surface area contributed by atoms with Crippen LogP contribution in [0.1, 0.15) is 17.3 Å². The molecule has 0 aliphatic heterocycles. The molecule has 1 aliphatic carbocycles.